The van der Waals surface area contributed by atoms with Crippen molar-refractivity contribution in [1.29, 1.82) is 0 Å². The van der Waals surface area contributed by atoms with Crippen molar-refractivity contribution in [3.63, 3.8) is 0 Å². The first kappa shape index (κ1) is 16.1. The molecular weight excluding hydrogens is 312 g/mol. The molecule has 0 saturated carbocycles. The molecule has 124 valence electrons. The molecule has 1 atom stereocenters. The van der Waals surface area contributed by atoms with Crippen LogP contribution in [0.5, 0.6) is 11.6 Å². The Labute approximate surface area is 139 Å². The van der Waals surface area contributed by atoms with E-state index in [0.717, 1.165) is 49.3 Å². The SMILES string of the molecule is CN(CCCCn1c(O)csc1=O)C1CCc2ccccc2O1. The van der Waals surface area contributed by atoms with Gasteiger partial charge in [-0.1, -0.05) is 29.5 Å². The van der Waals surface area contributed by atoms with E-state index in [0.29, 0.717) is 6.54 Å². The van der Waals surface area contributed by atoms with E-state index in [9.17, 15) is 9.90 Å². The van der Waals surface area contributed by atoms with Crippen molar-refractivity contribution in [2.75, 3.05) is 13.6 Å². The molecule has 1 aliphatic rings. The van der Waals surface area contributed by atoms with Gasteiger partial charge in [-0.25, -0.2) is 0 Å². The Morgan fingerprint density at radius 1 is 1.39 bits per heavy atom. The Morgan fingerprint density at radius 3 is 3.00 bits per heavy atom. The molecule has 23 heavy (non-hydrogen) atoms. The molecule has 2 aromatic rings. The minimum Gasteiger partial charge on any atom is -0.494 e. The highest BCUT2D eigenvalue weighted by molar-refractivity contribution is 7.07. The molecular formula is C17H22N2O3S. The number of para-hydroxylation sites is 1. The third kappa shape index (κ3) is 3.76. The number of hydrogen-bond donors (Lipinski definition) is 1. The maximum absolute atomic E-state index is 11.5. The summed E-state index contributed by atoms with van der Waals surface area (Å²) < 4.78 is 7.50. The second kappa shape index (κ2) is 7.19. The number of aryl methyl sites for hydroxylation is 1. The van der Waals surface area contributed by atoms with Crippen LogP contribution in [0.1, 0.15) is 24.8 Å². The molecule has 0 fully saturated rings. The monoisotopic (exact) mass is 334 g/mol. The Hall–Kier alpha value is -1.79. The summed E-state index contributed by atoms with van der Waals surface area (Å²) in [6.45, 7) is 1.48. The number of rotatable bonds is 6. The van der Waals surface area contributed by atoms with Crippen LogP contribution in [0.15, 0.2) is 34.4 Å². The number of thiazole rings is 1. The molecule has 3 rings (SSSR count). The maximum atomic E-state index is 11.5. The molecule has 0 aliphatic carbocycles. The van der Waals surface area contributed by atoms with Crippen molar-refractivity contribution in [3.05, 3.63) is 44.9 Å². The summed E-state index contributed by atoms with van der Waals surface area (Å²) in [6.07, 6.45) is 3.97. The summed E-state index contributed by atoms with van der Waals surface area (Å²) >= 11 is 1.04. The topological polar surface area (TPSA) is 54.7 Å². The Kier molecular flexibility index (Phi) is 5.03. The van der Waals surface area contributed by atoms with Crippen molar-refractivity contribution in [3.8, 4) is 11.6 Å². The average Bonchev–Trinajstić information content (AvgIpc) is 2.89. The fourth-order valence-electron chi connectivity index (χ4n) is 2.92. The number of aromatic hydroxyl groups is 1. The summed E-state index contributed by atoms with van der Waals surface area (Å²) in [5.74, 6) is 1.06. The third-order valence-electron chi connectivity index (χ3n) is 4.29. The third-order valence-corrected chi connectivity index (χ3v) is 5.04. The van der Waals surface area contributed by atoms with Crippen LogP contribution in [0, 0.1) is 0 Å². The fourth-order valence-corrected chi connectivity index (χ4v) is 3.57. The first-order chi connectivity index (χ1) is 11.1. The first-order valence-electron chi connectivity index (χ1n) is 7.97. The van der Waals surface area contributed by atoms with Crippen molar-refractivity contribution < 1.29 is 9.84 Å². The molecule has 6 heteroatoms. The van der Waals surface area contributed by atoms with Crippen LogP contribution in [-0.2, 0) is 13.0 Å². The number of aromatic nitrogens is 1. The van der Waals surface area contributed by atoms with E-state index in [4.69, 9.17) is 4.74 Å². The predicted octanol–water partition coefficient (Wildman–Crippen LogP) is 2.68. The fraction of sp³-hybridized carbons (Fsp3) is 0.471. The van der Waals surface area contributed by atoms with Crippen LogP contribution >= 0.6 is 11.3 Å². The molecule has 1 aromatic heterocycles. The van der Waals surface area contributed by atoms with E-state index in [1.165, 1.54) is 15.5 Å². The van der Waals surface area contributed by atoms with E-state index in [1.807, 2.05) is 18.2 Å². The van der Waals surface area contributed by atoms with Crippen molar-refractivity contribution in [2.24, 2.45) is 0 Å². The normalized spacial score (nSPS) is 17.0. The lowest BCUT2D eigenvalue weighted by atomic mass is 10.0. The van der Waals surface area contributed by atoms with Gasteiger partial charge in [-0.2, -0.15) is 0 Å². The highest BCUT2D eigenvalue weighted by atomic mass is 32.1. The molecule has 0 saturated heterocycles. The van der Waals surface area contributed by atoms with Gasteiger partial charge in [0.2, 0.25) is 5.88 Å². The number of fused-ring (bicyclic) bond motifs is 1. The van der Waals surface area contributed by atoms with E-state index in [1.54, 1.807) is 0 Å². The van der Waals surface area contributed by atoms with Crippen LogP contribution in [0.4, 0.5) is 0 Å². The molecule has 1 aliphatic heterocycles. The average molecular weight is 334 g/mol. The summed E-state index contributed by atoms with van der Waals surface area (Å²) in [6, 6.07) is 8.21. The van der Waals surface area contributed by atoms with Gasteiger partial charge in [0.15, 0.2) is 6.23 Å². The van der Waals surface area contributed by atoms with Gasteiger partial charge in [0.05, 0.1) is 5.38 Å². The zero-order valence-electron chi connectivity index (χ0n) is 13.3. The second-order valence-electron chi connectivity index (χ2n) is 5.92. The van der Waals surface area contributed by atoms with Crippen molar-refractivity contribution in [2.45, 2.75) is 38.5 Å². The van der Waals surface area contributed by atoms with Crippen LogP contribution < -0.4 is 9.61 Å². The highest BCUT2D eigenvalue weighted by Gasteiger charge is 2.22. The molecule has 0 spiro atoms. The van der Waals surface area contributed by atoms with Gasteiger partial charge < -0.3 is 9.84 Å². The van der Waals surface area contributed by atoms with Gasteiger partial charge in [-0.15, -0.1) is 0 Å². The number of ether oxygens (including phenoxy) is 1. The van der Waals surface area contributed by atoms with E-state index in [-0.39, 0.29) is 17.0 Å². The van der Waals surface area contributed by atoms with Gasteiger partial charge in [0, 0.05) is 19.5 Å². The van der Waals surface area contributed by atoms with Gasteiger partial charge in [-0.05, 0) is 37.9 Å². The minimum atomic E-state index is -0.0944. The largest absolute Gasteiger partial charge is 0.494 e. The van der Waals surface area contributed by atoms with Crippen LogP contribution in [0.2, 0.25) is 0 Å². The smallest absolute Gasteiger partial charge is 0.309 e. The lowest BCUT2D eigenvalue weighted by Crippen LogP contribution is -2.39. The second-order valence-corrected chi connectivity index (χ2v) is 6.74. The lowest BCUT2D eigenvalue weighted by Gasteiger charge is -2.32. The minimum absolute atomic E-state index is 0.0700. The Bertz CT molecular complexity index is 710. The van der Waals surface area contributed by atoms with Gasteiger partial charge >= 0.3 is 4.87 Å². The molecule has 5 nitrogen and oxygen atoms in total. The zero-order valence-corrected chi connectivity index (χ0v) is 14.1. The molecule has 1 N–H and O–H groups in total. The number of unbranched alkanes of at least 4 members (excludes halogenated alkanes) is 1. The molecule has 1 unspecified atom stereocenters. The zero-order chi connectivity index (χ0) is 16.2. The first-order valence-corrected chi connectivity index (χ1v) is 8.85. The van der Waals surface area contributed by atoms with Crippen molar-refractivity contribution in [1.82, 2.24) is 9.47 Å². The van der Waals surface area contributed by atoms with Gasteiger partial charge in [0.25, 0.3) is 0 Å². The lowest BCUT2D eigenvalue weighted by molar-refractivity contribution is 0.0268. The molecule has 0 bridgehead atoms. The molecule has 1 aromatic carbocycles. The quantitative estimate of drug-likeness (QED) is 0.825. The summed E-state index contributed by atoms with van der Waals surface area (Å²) in [7, 11) is 2.08. The highest BCUT2D eigenvalue weighted by Crippen LogP contribution is 2.28. The van der Waals surface area contributed by atoms with Gasteiger partial charge in [-0.3, -0.25) is 14.3 Å². The predicted molar refractivity (Wildman–Crippen MR) is 91.3 cm³/mol. The van der Waals surface area contributed by atoms with E-state index < -0.39 is 0 Å². The summed E-state index contributed by atoms with van der Waals surface area (Å²) in [5.41, 5.74) is 1.28. The summed E-state index contributed by atoms with van der Waals surface area (Å²) in [4.78, 5) is 13.7. The van der Waals surface area contributed by atoms with Crippen molar-refractivity contribution >= 4 is 11.3 Å². The molecule has 2 heterocycles. The summed E-state index contributed by atoms with van der Waals surface area (Å²) in [5, 5.41) is 11.1. The number of nitrogens with zero attached hydrogens (tertiary/aromatic N) is 2. The number of benzene rings is 1. The van der Waals surface area contributed by atoms with Gasteiger partial charge in [0.1, 0.15) is 5.75 Å². The maximum Gasteiger partial charge on any atom is 0.309 e. The molecule has 0 amide bonds. The molecule has 0 radical (unpaired) electrons. The Morgan fingerprint density at radius 2 is 2.22 bits per heavy atom. The van der Waals surface area contributed by atoms with E-state index >= 15 is 0 Å². The Balaban J connectivity index is 1.45. The van der Waals surface area contributed by atoms with Crippen LogP contribution in [0.25, 0.3) is 0 Å². The van der Waals surface area contributed by atoms with E-state index in [2.05, 4.69) is 18.0 Å². The number of hydrogen-bond acceptors (Lipinski definition) is 5. The standard InChI is InChI=1S/C17H22N2O3S/c1-18(10-4-5-11-19-15(20)12-23-17(19)21)16-9-8-13-6-2-3-7-14(13)22-16/h2-3,6-7,12,16,20H,4-5,8-11H2,1H3. The van der Waals surface area contributed by atoms with Crippen LogP contribution in [-0.4, -0.2) is 34.4 Å². The van der Waals surface area contributed by atoms with Crippen LogP contribution in [0.3, 0.4) is 0 Å².